The summed E-state index contributed by atoms with van der Waals surface area (Å²) in [5.41, 5.74) is 1.49. The van der Waals surface area contributed by atoms with Gasteiger partial charge in [0, 0.05) is 17.9 Å². The molecule has 1 aromatic heterocycles. The zero-order chi connectivity index (χ0) is 14.7. The van der Waals surface area contributed by atoms with E-state index in [1.54, 1.807) is 0 Å². The number of hydrogen-bond donors (Lipinski definition) is 1. The second-order valence-corrected chi connectivity index (χ2v) is 6.96. The van der Waals surface area contributed by atoms with E-state index in [0.717, 1.165) is 13.0 Å². The molecule has 0 amide bonds. The largest absolute Gasteiger partial charge is 0.377 e. The second kappa shape index (κ2) is 6.47. The van der Waals surface area contributed by atoms with Gasteiger partial charge in [0.25, 0.3) is 0 Å². The van der Waals surface area contributed by atoms with Crippen molar-refractivity contribution in [1.29, 1.82) is 0 Å². The average Bonchev–Trinajstić information content (AvgIpc) is 3.15. The van der Waals surface area contributed by atoms with Crippen LogP contribution in [0.2, 0.25) is 0 Å². The fourth-order valence-electron chi connectivity index (χ4n) is 3.77. The van der Waals surface area contributed by atoms with Crippen molar-refractivity contribution in [3.05, 3.63) is 35.2 Å². The molecule has 2 nitrogen and oxygen atoms in total. The molecule has 3 heteroatoms. The Morgan fingerprint density at radius 3 is 2.76 bits per heavy atom. The van der Waals surface area contributed by atoms with Gasteiger partial charge < -0.3 is 10.1 Å². The minimum atomic E-state index is 0.0268. The molecule has 0 spiro atoms. The smallest absolute Gasteiger partial charge is 0.0834 e. The minimum absolute atomic E-state index is 0.0268. The Morgan fingerprint density at radius 2 is 2.05 bits per heavy atom. The molecule has 0 radical (unpaired) electrons. The first kappa shape index (κ1) is 15.0. The van der Waals surface area contributed by atoms with Crippen molar-refractivity contribution in [3.8, 4) is 0 Å². The van der Waals surface area contributed by atoms with Crippen LogP contribution < -0.4 is 5.32 Å². The van der Waals surface area contributed by atoms with Crippen LogP contribution in [0.5, 0.6) is 0 Å². The molecule has 114 valence electrons. The van der Waals surface area contributed by atoms with Gasteiger partial charge in [0.2, 0.25) is 0 Å². The molecule has 0 saturated heterocycles. The van der Waals surface area contributed by atoms with Gasteiger partial charge in [-0.3, -0.25) is 0 Å². The summed E-state index contributed by atoms with van der Waals surface area (Å²) in [6, 6.07) is 9.14. The highest BCUT2D eigenvalue weighted by Gasteiger charge is 2.41. The van der Waals surface area contributed by atoms with Crippen molar-refractivity contribution in [2.45, 2.75) is 50.7 Å². The average molecular weight is 303 g/mol. The van der Waals surface area contributed by atoms with E-state index in [9.17, 15) is 0 Å². The SMILES string of the molecule is CCNC(Cc1csc2ccccc12)C1(OC)CCCC1. The van der Waals surface area contributed by atoms with Crippen molar-refractivity contribution < 1.29 is 4.74 Å². The van der Waals surface area contributed by atoms with Crippen molar-refractivity contribution >= 4 is 21.4 Å². The monoisotopic (exact) mass is 303 g/mol. The molecule has 2 aromatic rings. The van der Waals surface area contributed by atoms with Gasteiger partial charge in [-0.25, -0.2) is 0 Å². The maximum absolute atomic E-state index is 6.02. The molecule has 1 saturated carbocycles. The number of fused-ring (bicyclic) bond motifs is 1. The highest BCUT2D eigenvalue weighted by Crippen LogP contribution is 2.38. The molecular weight excluding hydrogens is 278 g/mol. The van der Waals surface area contributed by atoms with E-state index in [2.05, 4.69) is 41.9 Å². The fourth-order valence-corrected chi connectivity index (χ4v) is 4.75. The topological polar surface area (TPSA) is 21.3 Å². The summed E-state index contributed by atoms with van der Waals surface area (Å²) in [6.07, 6.45) is 6.01. The van der Waals surface area contributed by atoms with Crippen LogP contribution in [0.3, 0.4) is 0 Å². The molecule has 1 heterocycles. The lowest BCUT2D eigenvalue weighted by atomic mass is 9.87. The third-order valence-electron chi connectivity index (χ3n) is 4.93. The summed E-state index contributed by atoms with van der Waals surface area (Å²) < 4.78 is 7.40. The molecule has 1 aliphatic carbocycles. The summed E-state index contributed by atoms with van der Waals surface area (Å²) >= 11 is 1.85. The van der Waals surface area contributed by atoms with E-state index in [0.29, 0.717) is 6.04 Å². The van der Waals surface area contributed by atoms with Crippen LogP contribution in [-0.4, -0.2) is 25.3 Å². The van der Waals surface area contributed by atoms with Gasteiger partial charge in [0.05, 0.1) is 5.60 Å². The van der Waals surface area contributed by atoms with Crippen LogP contribution in [0.4, 0.5) is 0 Å². The van der Waals surface area contributed by atoms with Crippen molar-refractivity contribution in [2.75, 3.05) is 13.7 Å². The van der Waals surface area contributed by atoms with Crippen molar-refractivity contribution in [2.24, 2.45) is 0 Å². The lowest BCUT2D eigenvalue weighted by Gasteiger charge is -2.37. The Balaban J connectivity index is 1.88. The normalized spacial score (nSPS) is 19.1. The molecule has 1 aliphatic rings. The first-order valence-electron chi connectivity index (χ1n) is 8.03. The van der Waals surface area contributed by atoms with E-state index in [1.165, 1.54) is 41.3 Å². The molecule has 3 rings (SSSR count). The summed E-state index contributed by atoms with van der Waals surface area (Å²) in [4.78, 5) is 0. The molecule has 0 aliphatic heterocycles. The Labute approximate surface area is 131 Å². The standard InChI is InChI=1S/C18H25NOS/c1-3-19-17(18(20-2)10-6-7-11-18)12-14-13-21-16-9-5-4-8-15(14)16/h4-5,8-9,13,17,19H,3,6-7,10-12H2,1-2H3. The Morgan fingerprint density at radius 1 is 1.29 bits per heavy atom. The first-order valence-corrected chi connectivity index (χ1v) is 8.90. The van der Waals surface area contributed by atoms with Gasteiger partial charge in [0.15, 0.2) is 0 Å². The van der Waals surface area contributed by atoms with Gasteiger partial charge in [-0.1, -0.05) is 38.0 Å². The van der Waals surface area contributed by atoms with Gasteiger partial charge in [0.1, 0.15) is 0 Å². The predicted molar refractivity (Wildman–Crippen MR) is 91.2 cm³/mol. The van der Waals surface area contributed by atoms with Gasteiger partial charge in [-0.15, -0.1) is 11.3 Å². The van der Waals surface area contributed by atoms with E-state index in [-0.39, 0.29) is 5.60 Å². The minimum Gasteiger partial charge on any atom is -0.377 e. The van der Waals surface area contributed by atoms with Crippen LogP contribution in [-0.2, 0) is 11.2 Å². The van der Waals surface area contributed by atoms with Crippen molar-refractivity contribution in [1.82, 2.24) is 5.32 Å². The molecule has 1 atom stereocenters. The molecule has 1 fully saturated rings. The summed E-state index contributed by atoms with van der Waals surface area (Å²) in [6.45, 7) is 3.19. The second-order valence-electron chi connectivity index (χ2n) is 6.05. The Hall–Kier alpha value is -0.900. The summed E-state index contributed by atoms with van der Waals surface area (Å²) in [7, 11) is 1.89. The summed E-state index contributed by atoms with van der Waals surface area (Å²) in [5.74, 6) is 0. The van der Waals surface area contributed by atoms with Crippen LogP contribution in [0.1, 0.15) is 38.2 Å². The third-order valence-corrected chi connectivity index (χ3v) is 5.94. The van der Waals surface area contributed by atoms with Crippen LogP contribution in [0.15, 0.2) is 29.6 Å². The van der Waals surface area contributed by atoms with Gasteiger partial charge in [-0.2, -0.15) is 0 Å². The van der Waals surface area contributed by atoms with E-state index < -0.39 is 0 Å². The molecule has 1 aromatic carbocycles. The lowest BCUT2D eigenvalue weighted by Crippen LogP contribution is -2.51. The zero-order valence-electron chi connectivity index (χ0n) is 13.0. The third kappa shape index (κ3) is 2.87. The van der Waals surface area contributed by atoms with Gasteiger partial charge in [-0.05, 0) is 48.2 Å². The fraction of sp³-hybridized carbons (Fsp3) is 0.556. The number of thiophene rings is 1. The maximum atomic E-state index is 6.02. The number of likely N-dealkylation sites (N-methyl/N-ethyl adjacent to an activating group) is 1. The molecule has 21 heavy (non-hydrogen) atoms. The molecule has 1 N–H and O–H groups in total. The molecule has 0 bridgehead atoms. The zero-order valence-corrected chi connectivity index (χ0v) is 13.8. The highest BCUT2D eigenvalue weighted by molar-refractivity contribution is 7.17. The van der Waals surface area contributed by atoms with Crippen LogP contribution in [0, 0.1) is 0 Å². The molecular formula is C18H25NOS. The highest BCUT2D eigenvalue weighted by atomic mass is 32.1. The number of hydrogen-bond acceptors (Lipinski definition) is 3. The van der Waals surface area contributed by atoms with Gasteiger partial charge >= 0.3 is 0 Å². The lowest BCUT2D eigenvalue weighted by molar-refractivity contribution is -0.0350. The number of benzene rings is 1. The van der Waals surface area contributed by atoms with E-state index >= 15 is 0 Å². The van der Waals surface area contributed by atoms with E-state index in [1.807, 2.05) is 18.4 Å². The van der Waals surface area contributed by atoms with E-state index in [4.69, 9.17) is 4.74 Å². The number of methoxy groups -OCH3 is 1. The predicted octanol–water partition coefficient (Wildman–Crippen LogP) is 4.38. The quantitative estimate of drug-likeness (QED) is 0.855. The first-order chi connectivity index (χ1) is 10.3. The number of rotatable bonds is 6. The van der Waals surface area contributed by atoms with Crippen molar-refractivity contribution in [3.63, 3.8) is 0 Å². The van der Waals surface area contributed by atoms with Crippen LogP contribution >= 0.6 is 11.3 Å². The Bertz CT molecular complexity index is 586. The Kier molecular flexibility index (Phi) is 4.63. The molecule has 1 unspecified atom stereocenters. The number of nitrogens with one attached hydrogen (secondary N) is 1. The number of ether oxygens (including phenoxy) is 1. The maximum Gasteiger partial charge on any atom is 0.0834 e. The summed E-state index contributed by atoms with van der Waals surface area (Å²) in [5, 5.41) is 7.44. The van der Waals surface area contributed by atoms with Crippen LogP contribution in [0.25, 0.3) is 10.1 Å².